The highest BCUT2D eigenvalue weighted by molar-refractivity contribution is 6.07. The van der Waals surface area contributed by atoms with E-state index in [-0.39, 0.29) is 28.8 Å². The Balaban J connectivity index is 2.48. The van der Waals surface area contributed by atoms with E-state index in [4.69, 9.17) is 33.2 Å². The molecule has 11 nitrogen and oxygen atoms in total. The normalized spacial score (nSPS) is 24.5. The van der Waals surface area contributed by atoms with Crippen molar-refractivity contribution in [1.29, 1.82) is 0 Å². The number of benzene rings is 1. The van der Waals surface area contributed by atoms with Crippen LogP contribution in [0.4, 0.5) is 0 Å². The predicted molar refractivity (Wildman–Crippen MR) is 123 cm³/mol. The number of phenols is 1. The molecular weight excluding hydrogens is 476 g/mol. The first-order chi connectivity index (χ1) is 17.2. The second-order valence-corrected chi connectivity index (χ2v) is 8.26. The average Bonchev–Trinajstić information content (AvgIpc) is 3.18. The summed E-state index contributed by atoms with van der Waals surface area (Å²) in [5, 5.41) is 10.5. The van der Waals surface area contributed by atoms with Crippen molar-refractivity contribution in [3.8, 4) is 17.2 Å². The van der Waals surface area contributed by atoms with Gasteiger partial charge < -0.3 is 38.3 Å². The van der Waals surface area contributed by atoms with Gasteiger partial charge in [-0.25, -0.2) is 0 Å². The Hall–Kier alpha value is -3.73. The van der Waals surface area contributed by atoms with E-state index in [0.717, 1.165) is 0 Å². The molecule has 0 heterocycles. The van der Waals surface area contributed by atoms with Crippen molar-refractivity contribution in [2.75, 3.05) is 49.8 Å². The number of aromatic hydroxyl groups is 1. The Labute approximate surface area is 208 Å². The van der Waals surface area contributed by atoms with Gasteiger partial charge in [0.2, 0.25) is 5.75 Å². The van der Waals surface area contributed by atoms with Crippen LogP contribution in [0.25, 0.3) is 0 Å². The maximum atomic E-state index is 13.3. The lowest BCUT2D eigenvalue weighted by atomic mass is 9.68. The zero-order chi connectivity index (χ0) is 26.8. The molecule has 2 aliphatic carbocycles. The smallest absolute Gasteiger partial charge is 0.312 e. The molecule has 0 radical (unpaired) electrons. The lowest BCUT2D eigenvalue weighted by molar-refractivity contribution is -0.160. The SMILES string of the molecule is COC(=O)[C@@H]1[C@H](C(=O)OC)[C@@H](c2cc(OC)c(O)c(OC)c2)C2(C=C(OC)C(=O)C(OC)=C2)[C@H]1OC. The number of ether oxygens (including phenoxy) is 7. The molecule has 1 N–H and O–H groups in total. The Morgan fingerprint density at radius 1 is 0.778 bits per heavy atom. The van der Waals surface area contributed by atoms with Crippen molar-refractivity contribution in [3.63, 3.8) is 0 Å². The first kappa shape index (κ1) is 26.9. The van der Waals surface area contributed by atoms with E-state index in [2.05, 4.69) is 0 Å². The molecule has 0 saturated heterocycles. The van der Waals surface area contributed by atoms with Gasteiger partial charge in [-0.1, -0.05) is 0 Å². The second-order valence-electron chi connectivity index (χ2n) is 8.26. The molecule has 196 valence electrons. The predicted octanol–water partition coefficient (Wildman–Crippen LogP) is 1.73. The van der Waals surface area contributed by atoms with E-state index < -0.39 is 47.0 Å². The van der Waals surface area contributed by atoms with Crippen LogP contribution in [0.5, 0.6) is 17.2 Å². The van der Waals surface area contributed by atoms with Gasteiger partial charge in [-0.05, 0) is 29.8 Å². The number of carbonyl (C=O) groups is 3. The van der Waals surface area contributed by atoms with Crippen molar-refractivity contribution >= 4 is 17.7 Å². The topological polar surface area (TPSA) is 136 Å². The highest BCUT2D eigenvalue weighted by atomic mass is 16.5. The first-order valence-electron chi connectivity index (χ1n) is 10.9. The van der Waals surface area contributed by atoms with E-state index >= 15 is 0 Å². The molecule has 2 aliphatic rings. The number of rotatable bonds is 8. The van der Waals surface area contributed by atoms with Gasteiger partial charge in [-0.15, -0.1) is 0 Å². The zero-order valence-electron chi connectivity index (χ0n) is 21.1. The molecule has 0 aliphatic heterocycles. The highest BCUT2D eigenvalue weighted by Gasteiger charge is 2.66. The highest BCUT2D eigenvalue weighted by Crippen LogP contribution is 2.62. The van der Waals surface area contributed by atoms with Crippen LogP contribution < -0.4 is 9.47 Å². The summed E-state index contributed by atoms with van der Waals surface area (Å²) in [5.41, 5.74) is -0.914. The van der Waals surface area contributed by atoms with E-state index in [1.807, 2.05) is 0 Å². The maximum Gasteiger partial charge on any atom is 0.312 e. The third-order valence-electron chi connectivity index (χ3n) is 6.82. The minimum absolute atomic E-state index is 0.0618. The van der Waals surface area contributed by atoms with Crippen LogP contribution in [-0.2, 0) is 38.1 Å². The molecule has 1 spiro atoms. The second kappa shape index (κ2) is 10.5. The summed E-state index contributed by atoms with van der Waals surface area (Å²) in [4.78, 5) is 39.3. The van der Waals surface area contributed by atoms with E-state index in [1.54, 1.807) is 0 Å². The fourth-order valence-electron chi connectivity index (χ4n) is 5.36. The van der Waals surface area contributed by atoms with Gasteiger partial charge >= 0.3 is 11.9 Å². The first-order valence-corrected chi connectivity index (χ1v) is 10.9. The molecule has 36 heavy (non-hydrogen) atoms. The van der Waals surface area contributed by atoms with Crippen LogP contribution in [-0.4, -0.2) is 78.7 Å². The molecule has 1 fully saturated rings. The molecule has 4 atom stereocenters. The Kier molecular flexibility index (Phi) is 7.83. The quantitative estimate of drug-likeness (QED) is 0.516. The molecule has 0 unspecified atom stereocenters. The summed E-state index contributed by atoms with van der Waals surface area (Å²) in [5.74, 6) is -5.40. The van der Waals surface area contributed by atoms with Crippen LogP contribution in [0.1, 0.15) is 11.5 Å². The largest absolute Gasteiger partial charge is 0.502 e. The summed E-state index contributed by atoms with van der Waals surface area (Å²) in [6.07, 6.45) is 2.01. The number of phenolic OH excluding ortho intramolecular Hbond substituents is 1. The standard InChI is InChI=1S/C25H30O11/c1-30-13-8-12(9-14(31-2)20(13)26)19-17(23(28)35-6)18(24(29)36-7)22(34-5)25(19)10-15(32-3)21(27)16(11-25)33-4/h8-11,17-19,22,26H,1-7H3/t17-,18+,19+,22-/m0/s1. The van der Waals surface area contributed by atoms with E-state index in [1.165, 1.54) is 74.1 Å². The fraction of sp³-hybridized carbons (Fsp3) is 0.480. The third-order valence-corrected chi connectivity index (χ3v) is 6.82. The van der Waals surface area contributed by atoms with E-state index in [0.29, 0.717) is 5.56 Å². The maximum absolute atomic E-state index is 13.3. The molecular formula is C25H30O11. The summed E-state index contributed by atoms with van der Waals surface area (Å²) in [7, 11) is 9.16. The van der Waals surface area contributed by atoms with Crippen LogP contribution in [0.15, 0.2) is 35.8 Å². The van der Waals surface area contributed by atoms with E-state index in [9.17, 15) is 19.5 Å². The van der Waals surface area contributed by atoms with Crippen molar-refractivity contribution in [3.05, 3.63) is 41.4 Å². The van der Waals surface area contributed by atoms with Gasteiger partial charge in [0.25, 0.3) is 5.78 Å². The minimum atomic E-state index is -1.34. The van der Waals surface area contributed by atoms with Crippen LogP contribution in [0, 0.1) is 17.3 Å². The number of Topliss-reactive ketones (excluding diaryl/α,β-unsaturated/α-hetero) is 1. The molecule has 0 amide bonds. The Bertz CT molecular complexity index is 1050. The van der Waals surface area contributed by atoms with Gasteiger partial charge in [0, 0.05) is 18.4 Å². The summed E-state index contributed by atoms with van der Waals surface area (Å²) < 4.78 is 37.4. The van der Waals surface area contributed by atoms with Gasteiger partial charge in [0.1, 0.15) is 0 Å². The third kappa shape index (κ3) is 4.02. The summed E-state index contributed by atoms with van der Waals surface area (Å²) in [6.45, 7) is 0. The summed E-state index contributed by atoms with van der Waals surface area (Å²) in [6, 6.07) is 3.04. The minimum Gasteiger partial charge on any atom is -0.502 e. The monoisotopic (exact) mass is 506 g/mol. The summed E-state index contributed by atoms with van der Waals surface area (Å²) >= 11 is 0. The Morgan fingerprint density at radius 3 is 1.64 bits per heavy atom. The molecule has 1 saturated carbocycles. The van der Waals surface area contributed by atoms with Crippen molar-refractivity contribution < 1.29 is 52.6 Å². The van der Waals surface area contributed by atoms with Crippen molar-refractivity contribution in [1.82, 2.24) is 0 Å². The zero-order valence-corrected chi connectivity index (χ0v) is 21.1. The number of hydrogen-bond donors (Lipinski definition) is 1. The molecule has 1 aromatic rings. The average molecular weight is 507 g/mol. The van der Waals surface area contributed by atoms with Gasteiger partial charge in [0.05, 0.1) is 60.6 Å². The number of hydrogen-bond acceptors (Lipinski definition) is 11. The lowest BCUT2D eigenvalue weighted by Crippen LogP contribution is -2.41. The van der Waals surface area contributed by atoms with Crippen molar-refractivity contribution in [2.24, 2.45) is 17.3 Å². The van der Waals surface area contributed by atoms with Gasteiger partial charge in [-0.2, -0.15) is 0 Å². The van der Waals surface area contributed by atoms with Crippen LogP contribution in [0.2, 0.25) is 0 Å². The Morgan fingerprint density at radius 2 is 1.25 bits per heavy atom. The van der Waals surface area contributed by atoms with Crippen LogP contribution in [0.3, 0.4) is 0 Å². The molecule has 11 heteroatoms. The number of methoxy groups -OCH3 is 7. The van der Waals surface area contributed by atoms with Gasteiger partial charge in [-0.3, -0.25) is 14.4 Å². The van der Waals surface area contributed by atoms with Crippen molar-refractivity contribution in [2.45, 2.75) is 12.0 Å². The fourth-order valence-corrected chi connectivity index (χ4v) is 5.36. The molecule has 3 rings (SSSR count). The molecule has 0 aromatic heterocycles. The lowest BCUT2D eigenvalue weighted by Gasteiger charge is -2.38. The number of carbonyl (C=O) groups excluding carboxylic acids is 3. The van der Waals surface area contributed by atoms with Crippen LogP contribution >= 0.6 is 0 Å². The molecule has 0 bridgehead atoms. The molecule has 1 aromatic carbocycles. The number of esters is 2. The number of ketones is 1. The van der Waals surface area contributed by atoms with Gasteiger partial charge in [0.15, 0.2) is 23.0 Å².